The zero-order valence-electron chi connectivity index (χ0n) is 9.69. The van der Waals surface area contributed by atoms with Crippen molar-refractivity contribution in [3.05, 3.63) is 12.2 Å². The molecule has 1 N–H and O–H groups in total. The molecule has 1 amide bonds. The van der Waals surface area contributed by atoms with Crippen LogP contribution < -0.4 is 5.32 Å². The van der Waals surface area contributed by atoms with Crippen LogP contribution in [0.3, 0.4) is 0 Å². The summed E-state index contributed by atoms with van der Waals surface area (Å²) in [6.45, 7) is 5.99. The fraction of sp³-hybridized carbons (Fsp3) is 0.600. The van der Waals surface area contributed by atoms with Gasteiger partial charge in [-0.2, -0.15) is 5.26 Å². The molecule has 0 aliphatic carbocycles. The van der Waals surface area contributed by atoms with Gasteiger partial charge in [0.2, 0.25) is 5.91 Å². The Hall–Kier alpha value is -1.90. The highest BCUT2D eigenvalue weighted by atomic mass is 16.2. The third-order valence-electron chi connectivity index (χ3n) is 2.30. The van der Waals surface area contributed by atoms with E-state index in [1.807, 2.05) is 20.8 Å². The summed E-state index contributed by atoms with van der Waals surface area (Å²) < 4.78 is 1.35. The zero-order chi connectivity index (χ0) is 12.2. The third kappa shape index (κ3) is 3.35. The highest BCUT2D eigenvalue weighted by Crippen LogP contribution is 2.06. The normalized spacial score (nSPS) is 10.9. The molecule has 1 heterocycles. The number of carbonyl (C=O) groups excluding carboxylic acids is 1. The van der Waals surface area contributed by atoms with Crippen LogP contribution in [0.4, 0.5) is 0 Å². The second-order valence-electron chi connectivity index (χ2n) is 4.16. The van der Waals surface area contributed by atoms with Crippen LogP contribution >= 0.6 is 0 Å². The Balaban J connectivity index is 2.56. The summed E-state index contributed by atoms with van der Waals surface area (Å²) in [7, 11) is 0. The van der Waals surface area contributed by atoms with E-state index in [1.165, 1.54) is 11.0 Å². The van der Waals surface area contributed by atoms with Crippen LogP contribution in [0.2, 0.25) is 0 Å². The smallest absolute Gasteiger partial charge is 0.252 e. The summed E-state index contributed by atoms with van der Waals surface area (Å²) >= 11 is 0. The number of amides is 1. The maximum Gasteiger partial charge on any atom is 0.252 e. The van der Waals surface area contributed by atoms with Crippen molar-refractivity contribution in [2.75, 3.05) is 0 Å². The first-order valence-electron chi connectivity index (χ1n) is 5.07. The lowest BCUT2D eigenvalue weighted by atomic mass is 10.0. The van der Waals surface area contributed by atoms with Gasteiger partial charge in [-0.15, -0.1) is 5.10 Å². The number of nitriles is 1. The van der Waals surface area contributed by atoms with Crippen molar-refractivity contribution in [2.24, 2.45) is 0 Å². The van der Waals surface area contributed by atoms with Gasteiger partial charge >= 0.3 is 0 Å². The Morgan fingerprint density at radius 3 is 2.88 bits per heavy atom. The van der Waals surface area contributed by atoms with Crippen molar-refractivity contribution in [1.29, 1.82) is 5.26 Å². The molecule has 0 spiro atoms. The van der Waals surface area contributed by atoms with E-state index in [0.717, 1.165) is 6.42 Å². The molecule has 0 aliphatic rings. The Bertz CT molecular complexity index is 415. The third-order valence-corrected chi connectivity index (χ3v) is 2.30. The molecule has 0 saturated heterocycles. The van der Waals surface area contributed by atoms with Gasteiger partial charge in [-0.3, -0.25) is 4.79 Å². The van der Waals surface area contributed by atoms with Crippen molar-refractivity contribution in [3.63, 3.8) is 0 Å². The van der Waals surface area contributed by atoms with E-state index in [0.29, 0.717) is 0 Å². The molecule has 0 fully saturated rings. The molecule has 0 aromatic carbocycles. The lowest BCUT2D eigenvalue weighted by molar-refractivity contribution is -0.123. The molecule has 16 heavy (non-hydrogen) atoms. The molecule has 6 heteroatoms. The van der Waals surface area contributed by atoms with Crippen molar-refractivity contribution >= 4 is 5.91 Å². The average Bonchev–Trinajstić information content (AvgIpc) is 2.64. The molecule has 6 nitrogen and oxygen atoms in total. The largest absolute Gasteiger partial charge is 0.350 e. The van der Waals surface area contributed by atoms with Crippen LogP contribution in [-0.4, -0.2) is 26.2 Å². The van der Waals surface area contributed by atoms with Crippen LogP contribution in [0.5, 0.6) is 0 Å². The van der Waals surface area contributed by atoms with E-state index in [9.17, 15) is 4.79 Å². The van der Waals surface area contributed by atoms with Crippen LogP contribution in [0.1, 0.15) is 33.0 Å². The SMILES string of the molecule is CCC(C)(C)NC(=O)Cn1cnc(C#N)n1. The average molecular weight is 221 g/mol. The Morgan fingerprint density at radius 1 is 1.69 bits per heavy atom. The van der Waals surface area contributed by atoms with E-state index in [2.05, 4.69) is 15.4 Å². The number of aromatic nitrogens is 3. The van der Waals surface area contributed by atoms with Crippen molar-refractivity contribution in [1.82, 2.24) is 20.1 Å². The zero-order valence-corrected chi connectivity index (χ0v) is 9.69. The summed E-state index contributed by atoms with van der Waals surface area (Å²) in [6, 6.07) is 1.81. The van der Waals surface area contributed by atoms with Gasteiger partial charge in [0.25, 0.3) is 5.82 Å². The molecule has 0 saturated carbocycles. The number of hydrogen-bond acceptors (Lipinski definition) is 4. The molecule has 0 radical (unpaired) electrons. The minimum atomic E-state index is -0.226. The molecule has 1 aromatic heterocycles. The van der Waals surface area contributed by atoms with Crippen molar-refractivity contribution in [2.45, 2.75) is 39.3 Å². The molecular weight excluding hydrogens is 206 g/mol. The monoisotopic (exact) mass is 221 g/mol. The summed E-state index contributed by atoms with van der Waals surface area (Å²) in [5.74, 6) is -0.0659. The molecule has 0 aliphatic heterocycles. The highest BCUT2D eigenvalue weighted by molar-refractivity contribution is 5.76. The van der Waals surface area contributed by atoms with E-state index in [-0.39, 0.29) is 23.8 Å². The van der Waals surface area contributed by atoms with Gasteiger partial charge in [0.15, 0.2) is 0 Å². The fourth-order valence-electron chi connectivity index (χ4n) is 1.07. The maximum absolute atomic E-state index is 11.6. The summed E-state index contributed by atoms with van der Waals surface area (Å²) in [6.07, 6.45) is 2.22. The highest BCUT2D eigenvalue weighted by Gasteiger charge is 2.18. The summed E-state index contributed by atoms with van der Waals surface area (Å²) in [4.78, 5) is 15.3. The minimum Gasteiger partial charge on any atom is -0.350 e. The van der Waals surface area contributed by atoms with Crippen LogP contribution in [0, 0.1) is 11.3 Å². The van der Waals surface area contributed by atoms with Gasteiger partial charge in [-0.25, -0.2) is 9.67 Å². The number of rotatable bonds is 4. The number of carbonyl (C=O) groups is 1. The Morgan fingerprint density at radius 2 is 2.38 bits per heavy atom. The molecule has 86 valence electrons. The second kappa shape index (κ2) is 4.75. The lowest BCUT2D eigenvalue weighted by Gasteiger charge is -2.24. The minimum absolute atomic E-state index is 0.0718. The van der Waals surface area contributed by atoms with Crippen LogP contribution in [0.15, 0.2) is 6.33 Å². The first-order valence-corrected chi connectivity index (χ1v) is 5.07. The molecule has 1 rings (SSSR count). The van der Waals surface area contributed by atoms with E-state index in [4.69, 9.17) is 5.26 Å². The molecule has 1 aromatic rings. The van der Waals surface area contributed by atoms with Crippen molar-refractivity contribution in [3.8, 4) is 6.07 Å². The first kappa shape index (κ1) is 12.2. The maximum atomic E-state index is 11.6. The molecule has 0 unspecified atom stereocenters. The van der Waals surface area contributed by atoms with E-state index >= 15 is 0 Å². The van der Waals surface area contributed by atoms with Gasteiger partial charge in [0, 0.05) is 5.54 Å². The number of nitrogens with one attached hydrogen (secondary N) is 1. The molecule has 0 atom stereocenters. The molecular formula is C10H15N5O. The van der Waals surface area contributed by atoms with Gasteiger partial charge < -0.3 is 5.32 Å². The summed E-state index contributed by atoms with van der Waals surface area (Å²) in [5, 5.41) is 15.2. The van der Waals surface area contributed by atoms with Gasteiger partial charge in [0.05, 0.1) is 0 Å². The summed E-state index contributed by atoms with van der Waals surface area (Å²) in [5.41, 5.74) is -0.226. The predicted octanol–water partition coefficient (Wildman–Crippen LogP) is 0.455. The number of nitrogens with zero attached hydrogens (tertiary/aromatic N) is 4. The standard InChI is InChI=1S/C10H15N5O/c1-4-10(2,3)13-9(16)6-15-7-12-8(5-11)14-15/h7H,4,6H2,1-3H3,(H,13,16). The van der Waals surface area contributed by atoms with Crippen LogP contribution in [-0.2, 0) is 11.3 Å². The van der Waals surface area contributed by atoms with E-state index in [1.54, 1.807) is 6.07 Å². The lowest BCUT2D eigenvalue weighted by Crippen LogP contribution is -2.44. The van der Waals surface area contributed by atoms with E-state index < -0.39 is 0 Å². The predicted molar refractivity (Wildman–Crippen MR) is 57.2 cm³/mol. The van der Waals surface area contributed by atoms with Crippen LogP contribution in [0.25, 0.3) is 0 Å². The molecule has 0 bridgehead atoms. The first-order chi connectivity index (χ1) is 7.46. The second-order valence-corrected chi connectivity index (χ2v) is 4.16. The fourth-order valence-corrected chi connectivity index (χ4v) is 1.07. The number of hydrogen-bond donors (Lipinski definition) is 1. The van der Waals surface area contributed by atoms with Gasteiger partial charge in [0.1, 0.15) is 18.9 Å². The topological polar surface area (TPSA) is 83.6 Å². The Labute approximate surface area is 94.3 Å². The van der Waals surface area contributed by atoms with Gasteiger partial charge in [-0.1, -0.05) is 6.92 Å². The Kier molecular flexibility index (Phi) is 3.61. The van der Waals surface area contributed by atoms with Crippen molar-refractivity contribution < 1.29 is 4.79 Å². The quantitative estimate of drug-likeness (QED) is 0.800. The van der Waals surface area contributed by atoms with Gasteiger partial charge in [-0.05, 0) is 20.3 Å².